The second-order valence-electron chi connectivity index (χ2n) is 5.13. The average Bonchev–Trinajstić information content (AvgIpc) is 2.62. The van der Waals surface area contributed by atoms with Crippen LogP contribution in [0.1, 0.15) is 17.3 Å². The van der Waals surface area contributed by atoms with Crippen LogP contribution in [-0.2, 0) is 16.0 Å². The quantitative estimate of drug-likeness (QED) is 0.518. The van der Waals surface area contributed by atoms with Crippen molar-refractivity contribution in [2.45, 2.75) is 6.92 Å². The minimum absolute atomic E-state index is 0.277. The molecular weight excluding hydrogens is 340 g/mol. The number of rotatable bonds is 5. The first-order valence-electron chi connectivity index (χ1n) is 7.62. The summed E-state index contributed by atoms with van der Waals surface area (Å²) in [4.78, 5) is 16.0. The molecule has 0 bridgehead atoms. The van der Waals surface area contributed by atoms with Gasteiger partial charge in [-0.1, -0.05) is 18.2 Å². The number of carbonyl (C=O) groups is 1. The molecule has 128 valence electrons. The third-order valence-corrected chi connectivity index (χ3v) is 4.30. The molecule has 0 amide bonds. The Bertz CT molecular complexity index is 923. The fraction of sp³-hybridized carbons (Fsp3) is 0.111. The minimum atomic E-state index is -2.55. The van der Waals surface area contributed by atoms with Gasteiger partial charge in [-0.15, -0.1) is 0 Å². The number of fused-ring (bicyclic) bond motifs is 1. The molecule has 1 aromatic heterocycles. The Morgan fingerprint density at radius 2 is 1.88 bits per heavy atom. The Hall–Kier alpha value is -2.77. The van der Waals surface area contributed by atoms with Gasteiger partial charge in [-0.25, -0.2) is 4.79 Å². The maximum absolute atomic E-state index is 11.9. The van der Waals surface area contributed by atoms with Gasteiger partial charge in [0.1, 0.15) is 0 Å². The number of ether oxygens (including phenoxy) is 1. The molecule has 3 aromatic rings. The number of pyridine rings is 1. The molecule has 7 heteroatoms. The van der Waals surface area contributed by atoms with Gasteiger partial charge in [-0.05, 0) is 43.3 Å². The highest BCUT2D eigenvalue weighted by Gasteiger charge is 2.15. The van der Waals surface area contributed by atoms with Gasteiger partial charge >= 0.3 is 5.97 Å². The van der Waals surface area contributed by atoms with Crippen LogP contribution in [0.25, 0.3) is 10.9 Å². The van der Waals surface area contributed by atoms with E-state index in [9.17, 15) is 13.6 Å². The van der Waals surface area contributed by atoms with Crippen molar-refractivity contribution in [3.8, 4) is 0 Å². The maximum atomic E-state index is 11.9. The first-order valence-corrected chi connectivity index (χ1v) is 8.65. The van der Waals surface area contributed by atoms with Gasteiger partial charge in [-0.2, -0.15) is 0 Å². The van der Waals surface area contributed by atoms with Crippen LogP contribution < -0.4 is 4.31 Å². The standard InChI is InChI=1S/C18H16N2O4S/c1-2-24-18(21)14-8-10-15(11-9-14)20(25(22)23)16-7-3-5-13-6-4-12-19-17(13)16/h3-12H,2H2,1H3,(H,22,23)/p-1. The van der Waals surface area contributed by atoms with Crippen LogP contribution in [0.4, 0.5) is 11.4 Å². The maximum Gasteiger partial charge on any atom is 0.338 e. The Kier molecular flexibility index (Phi) is 5.06. The zero-order chi connectivity index (χ0) is 17.8. The van der Waals surface area contributed by atoms with Gasteiger partial charge in [-0.3, -0.25) is 13.5 Å². The van der Waals surface area contributed by atoms with E-state index in [1.807, 2.05) is 12.1 Å². The fourth-order valence-corrected chi connectivity index (χ4v) is 3.11. The van der Waals surface area contributed by atoms with Crippen LogP contribution >= 0.6 is 0 Å². The van der Waals surface area contributed by atoms with Gasteiger partial charge in [0, 0.05) is 11.6 Å². The van der Waals surface area contributed by atoms with Crippen LogP contribution in [0.3, 0.4) is 0 Å². The number of para-hydroxylation sites is 1. The molecule has 0 aliphatic carbocycles. The molecule has 1 atom stereocenters. The van der Waals surface area contributed by atoms with Gasteiger partial charge in [0.05, 0.1) is 40.3 Å². The van der Waals surface area contributed by atoms with Crippen molar-refractivity contribution in [3.63, 3.8) is 0 Å². The average molecular weight is 355 g/mol. The number of hydrogen-bond donors (Lipinski definition) is 0. The van der Waals surface area contributed by atoms with Gasteiger partial charge in [0.15, 0.2) is 0 Å². The smallest absolute Gasteiger partial charge is 0.338 e. The zero-order valence-electron chi connectivity index (χ0n) is 13.4. The molecule has 0 saturated carbocycles. The number of anilines is 2. The lowest BCUT2D eigenvalue weighted by Crippen LogP contribution is -2.20. The van der Waals surface area contributed by atoms with E-state index >= 15 is 0 Å². The van der Waals surface area contributed by atoms with Crippen LogP contribution in [0, 0.1) is 0 Å². The van der Waals surface area contributed by atoms with Crippen molar-refractivity contribution in [1.29, 1.82) is 0 Å². The SMILES string of the molecule is CCOC(=O)c1ccc(N(c2cccc3cccnc23)S(=O)[O-])cc1. The van der Waals surface area contributed by atoms with E-state index in [1.165, 1.54) is 12.1 Å². The lowest BCUT2D eigenvalue weighted by molar-refractivity contribution is 0.0526. The molecule has 0 saturated heterocycles. The second-order valence-corrected chi connectivity index (χ2v) is 5.93. The minimum Gasteiger partial charge on any atom is -0.755 e. The number of hydrogen-bond acceptors (Lipinski definition) is 5. The zero-order valence-corrected chi connectivity index (χ0v) is 14.2. The van der Waals surface area contributed by atoms with E-state index < -0.39 is 17.2 Å². The molecule has 0 aliphatic heterocycles. The number of benzene rings is 2. The molecule has 0 fully saturated rings. The molecule has 0 spiro atoms. The van der Waals surface area contributed by atoms with Crippen LogP contribution in [0.15, 0.2) is 60.8 Å². The first kappa shape index (κ1) is 17.1. The summed E-state index contributed by atoms with van der Waals surface area (Å²) < 4.78 is 29.8. The predicted molar refractivity (Wildman–Crippen MR) is 95.2 cm³/mol. The second kappa shape index (κ2) is 7.42. The van der Waals surface area contributed by atoms with E-state index in [0.29, 0.717) is 22.5 Å². The lowest BCUT2D eigenvalue weighted by Gasteiger charge is -2.27. The molecule has 0 N–H and O–H groups in total. The van der Waals surface area contributed by atoms with E-state index in [4.69, 9.17) is 4.74 Å². The molecule has 1 unspecified atom stereocenters. The number of aromatic nitrogens is 1. The van der Waals surface area contributed by atoms with Crippen molar-refractivity contribution in [2.24, 2.45) is 0 Å². The number of esters is 1. The van der Waals surface area contributed by atoms with Gasteiger partial charge < -0.3 is 9.29 Å². The summed E-state index contributed by atoms with van der Waals surface area (Å²) in [6.45, 7) is 2.00. The van der Waals surface area contributed by atoms with Crippen molar-refractivity contribution in [2.75, 3.05) is 10.9 Å². The molecule has 2 aromatic carbocycles. The van der Waals surface area contributed by atoms with Gasteiger partial charge in [0.2, 0.25) is 0 Å². The van der Waals surface area contributed by atoms with E-state index in [-0.39, 0.29) is 6.61 Å². The van der Waals surface area contributed by atoms with E-state index in [1.54, 1.807) is 43.5 Å². The lowest BCUT2D eigenvalue weighted by atomic mass is 10.1. The van der Waals surface area contributed by atoms with Gasteiger partial charge in [0.25, 0.3) is 0 Å². The Balaban J connectivity index is 2.04. The van der Waals surface area contributed by atoms with Crippen LogP contribution in [0.5, 0.6) is 0 Å². The molecule has 0 radical (unpaired) electrons. The largest absolute Gasteiger partial charge is 0.755 e. The summed E-state index contributed by atoms with van der Waals surface area (Å²) in [5.74, 6) is -0.448. The third-order valence-electron chi connectivity index (χ3n) is 3.59. The Labute approximate surface area is 147 Å². The predicted octanol–water partition coefficient (Wildman–Crippen LogP) is 3.34. The van der Waals surface area contributed by atoms with Crippen LogP contribution in [0.2, 0.25) is 0 Å². The fourth-order valence-electron chi connectivity index (χ4n) is 2.50. The summed E-state index contributed by atoms with van der Waals surface area (Å²) in [7, 11) is 0. The highest BCUT2D eigenvalue weighted by molar-refractivity contribution is 7.81. The number of carbonyl (C=O) groups excluding carboxylic acids is 1. The summed E-state index contributed by atoms with van der Waals surface area (Å²) >= 11 is -2.55. The third kappa shape index (κ3) is 3.52. The normalized spacial score (nSPS) is 11.9. The molecule has 3 rings (SSSR count). The summed E-state index contributed by atoms with van der Waals surface area (Å²) in [6, 6.07) is 15.2. The molecule has 25 heavy (non-hydrogen) atoms. The van der Waals surface area contributed by atoms with Crippen molar-refractivity contribution in [1.82, 2.24) is 4.98 Å². The van der Waals surface area contributed by atoms with E-state index in [2.05, 4.69) is 4.98 Å². The van der Waals surface area contributed by atoms with Crippen molar-refractivity contribution in [3.05, 3.63) is 66.4 Å². The van der Waals surface area contributed by atoms with Crippen molar-refractivity contribution < 1.29 is 18.3 Å². The van der Waals surface area contributed by atoms with Crippen LogP contribution in [-0.4, -0.2) is 26.3 Å². The summed E-state index contributed by atoms with van der Waals surface area (Å²) in [6.07, 6.45) is 1.61. The molecule has 0 aliphatic rings. The van der Waals surface area contributed by atoms with E-state index in [0.717, 1.165) is 9.69 Å². The topological polar surface area (TPSA) is 82.6 Å². The first-order chi connectivity index (χ1) is 12.1. The molecular formula is C18H15N2O4S-. The highest BCUT2D eigenvalue weighted by atomic mass is 32.2. The highest BCUT2D eigenvalue weighted by Crippen LogP contribution is 2.32. The number of nitrogens with zero attached hydrogens (tertiary/aromatic N) is 2. The molecule has 1 heterocycles. The Morgan fingerprint density at radius 1 is 1.16 bits per heavy atom. The Morgan fingerprint density at radius 3 is 2.56 bits per heavy atom. The summed E-state index contributed by atoms with van der Waals surface area (Å²) in [5, 5.41) is 0.832. The molecule has 6 nitrogen and oxygen atoms in total. The monoisotopic (exact) mass is 355 g/mol. The van der Waals surface area contributed by atoms with Crippen molar-refractivity contribution >= 4 is 39.5 Å². The summed E-state index contributed by atoms with van der Waals surface area (Å²) in [5.41, 5.74) is 1.77.